The SMILES string of the molecule is O=C(Nc1ccc(N2CCCCC2)cc1)C1CCN(C(=O)C2CCC2)CC1. The fraction of sp³-hybridized carbons (Fsp3) is 0.636. The molecule has 3 aliphatic rings. The minimum Gasteiger partial charge on any atom is -0.372 e. The first-order chi connectivity index (χ1) is 13.2. The van der Waals surface area contributed by atoms with Gasteiger partial charge in [-0.15, -0.1) is 0 Å². The zero-order chi connectivity index (χ0) is 18.6. The number of rotatable bonds is 4. The van der Waals surface area contributed by atoms with E-state index >= 15 is 0 Å². The van der Waals surface area contributed by atoms with Crippen molar-refractivity contribution in [2.24, 2.45) is 11.8 Å². The summed E-state index contributed by atoms with van der Waals surface area (Å²) in [6.45, 7) is 3.70. The average molecular weight is 370 g/mol. The molecule has 1 aromatic rings. The highest BCUT2D eigenvalue weighted by Gasteiger charge is 2.33. The minimum atomic E-state index is 0.0113. The highest BCUT2D eigenvalue weighted by atomic mass is 16.2. The molecule has 4 rings (SSSR count). The van der Waals surface area contributed by atoms with Crippen molar-refractivity contribution in [1.82, 2.24) is 4.90 Å². The third-order valence-corrected chi connectivity index (χ3v) is 6.49. The Morgan fingerprint density at radius 1 is 0.778 bits per heavy atom. The zero-order valence-electron chi connectivity index (χ0n) is 16.2. The summed E-state index contributed by atoms with van der Waals surface area (Å²) in [6, 6.07) is 8.25. The quantitative estimate of drug-likeness (QED) is 0.881. The van der Waals surface area contributed by atoms with Gasteiger partial charge in [0.2, 0.25) is 11.8 Å². The molecule has 146 valence electrons. The molecule has 1 aromatic carbocycles. The van der Waals surface area contributed by atoms with Crippen molar-refractivity contribution in [3.05, 3.63) is 24.3 Å². The fourth-order valence-corrected chi connectivity index (χ4v) is 4.43. The van der Waals surface area contributed by atoms with Crippen LogP contribution in [0, 0.1) is 11.8 Å². The van der Waals surface area contributed by atoms with Gasteiger partial charge in [0, 0.05) is 49.4 Å². The first-order valence-electron chi connectivity index (χ1n) is 10.7. The molecule has 1 N–H and O–H groups in total. The summed E-state index contributed by atoms with van der Waals surface area (Å²) in [5, 5.41) is 3.07. The van der Waals surface area contributed by atoms with E-state index in [-0.39, 0.29) is 17.7 Å². The third-order valence-electron chi connectivity index (χ3n) is 6.49. The lowest BCUT2D eigenvalue weighted by Gasteiger charge is -2.36. The van der Waals surface area contributed by atoms with Crippen LogP contribution in [0.1, 0.15) is 51.4 Å². The number of benzene rings is 1. The second kappa shape index (κ2) is 8.32. The van der Waals surface area contributed by atoms with Gasteiger partial charge in [0.15, 0.2) is 0 Å². The molecule has 0 unspecified atom stereocenters. The highest BCUT2D eigenvalue weighted by molar-refractivity contribution is 5.93. The Hall–Kier alpha value is -2.04. The van der Waals surface area contributed by atoms with E-state index in [9.17, 15) is 9.59 Å². The molecule has 1 aliphatic carbocycles. The maximum atomic E-state index is 12.6. The second-order valence-electron chi connectivity index (χ2n) is 8.31. The van der Waals surface area contributed by atoms with E-state index in [0.29, 0.717) is 5.91 Å². The summed E-state index contributed by atoms with van der Waals surface area (Å²) in [7, 11) is 0. The van der Waals surface area contributed by atoms with Crippen molar-refractivity contribution in [2.45, 2.75) is 51.4 Å². The maximum Gasteiger partial charge on any atom is 0.227 e. The van der Waals surface area contributed by atoms with Crippen molar-refractivity contribution >= 4 is 23.2 Å². The Labute approximate surface area is 162 Å². The van der Waals surface area contributed by atoms with Gasteiger partial charge >= 0.3 is 0 Å². The molecule has 3 fully saturated rings. The molecule has 0 atom stereocenters. The molecule has 2 saturated heterocycles. The smallest absolute Gasteiger partial charge is 0.227 e. The van der Waals surface area contributed by atoms with Gasteiger partial charge in [0.1, 0.15) is 0 Å². The van der Waals surface area contributed by atoms with Gasteiger partial charge < -0.3 is 15.1 Å². The van der Waals surface area contributed by atoms with Gasteiger partial charge in [-0.05, 0) is 69.2 Å². The van der Waals surface area contributed by atoms with Crippen molar-refractivity contribution in [3.63, 3.8) is 0 Å². The molecule has 2 amide bonds. The number of amides is 2. The number of nitrogens with one attached hydrogen (secondary N) is 1. The van der Waals surface area contributed by atoms with Crippen LogP contribution in [-0.2, 0) is 9.59 Å². The van der Waals surface area contributed by atoms with Gasteiger partial charge in [-0.25, -0.2) is 0 Å². The van der Waals surface area contributed by atoms with Crippen LogP contribution < -0.4 is 10.2 Å². The molecule has 5 heteroatoms. The van der Waals surface area contributed by atoms with Crippen LogP contribution in [0.5, 0.6) is 0 Å². The van der Waals surface area contributed by atoms with Crippen LogP contribution in [0.4, 0.5) is 11.4 Å². The molecule has 1 saturated carbocycles. The van der Waals surface area contributed by atoms with Crippen LogP contribution >= 0.6 is 0 Å². The standard InChI is InChI=1S/C22H31N3O2/c26-21(17-11-15-25(16-12-17)22(27)18-5-4-6-18)23-19-7-9-20(10-8-19)24-13-2-1-3-14-24/h7-10,17-18H,1-6,11-16H2,(H,23,26). The molecule has 0 radical (unpaired) electrons. The molecule has 5 nitrogen and oxygen atoms in total. The fourth-order valence-electron chi connectivity index (χ4n) is 4.43. The summed E-state index contributed by atoms with van der Waals surface area (Å²) in [5.41, 5.74) is 2.12. The van der Waals surface area contributed by atoms with Crippen molar-refractivity contribution in [1.29, 1.82) is 0 Å². The van der Waals surface area contributed by atoms with E-state index in [1.54, 1.807) is 0 Å². The molecule has 0 bridgehead atoms. The van der Waals surface area contributed by atoms with E-state index in [4.69, 9.17) is 0 Å². The predicted octanol–water partition coefficient (Wildman–Crippen LogP) is 3.65. The highest BCUT2D eigenvalue weighted by Crippen LogP contribution is 2.30. The lowest BCUT2D eigenvalue weighted by atomic mass is 9.83. The largest absolute Gasteiger partial charge is 0.372 e. The topological polar surface area (TPSA) is 52.7 Å². The molecule has 0 spiro atoms. The average Bonchev–Trinajstić information content (AvgIpc) is 2.68. The Balaban J connectivity index is 1.26. The molecule has 27 heavy (non-hydrogen) atoms. The Bertz CT molecular complexity index is 655. The molecule has 2 heterocycles. The number of piperidine rings is 2. The van der Waals surface area contributed by atoms with Gasteiger partial charge in [-0.1, -0.05) is 6.42 Å². The van der Waals surface area contributed by atoms with Crippen molar-refractivity contribution in [3.8, 4) is 0 Å². The summed E-state index contributed by atoms with van der Waals surface area (Å²) in [6.07, 6.45) is 8.69. The molecule has 2 aliphatic heterocycles. The Morgan fingerprint density at radius 2 is 1.44 bits per heavy atom. The maximum absolute atomic E-state index is 12.6. The number of hydrogen-bond acceptors (Lipinski definition) is 3. The van der Waals surface area contributed by atoms with Gasteiger partial charge in [0.05, 0.1) is 0 Å². The number of likely N-dealkylation sites (tertiary alicyclic amines) is 1. The number of hydrogen-bond donors (Lipinski definition) is 1. The van der Waals surface area contributed by atoms with Gasteiger partial charge in [-0.3, -0.25) is 9.59 Å². The molecular formula is C22H31N3O2. The minimum absolute atomic E-state index is 0.0113. The van der Waals surface area contributed by atoms with Crippen molar-refractivity contribution in [2.75, 3.05) is 36.4 Å². The number of carbonyl (C=O) groups excluding carboxylic acids is 2. The van der Waals surface area contributed by atoms with E-state index < -0.39 is 0 Å². The summed E-state index contributed by atoms with van der Waals surface area (Å²) in [4.78, 5) is 29.3. The number of anilines is 2. The lowest BCUT2D eigenvalue weighted by molar-refractivity contribution is -0.140. The van der Waals surface area contributed by atoms with Crippen LogP contribution in [0.2, 0.25) is 0 Å². The van der Waals surface area contributed by atoms with Crippen molar-refractivity contribution < 1.29 is 9.59 Å². The van der Waals surface area contributed by atoms with Gasteiger partial charge in [0.25, 0.3) is 0 Å². The molecule has 0 aromatic heterocycles. The normalized spacial score (nSPS) is 21.6. The summed E-state index contributed by atoms with van der Waals surface area (Å²) < 4.78 is 0. The zero-order valence-corrected chi connectivity index (χ0v) is 16.2. The lowest BCUT2D eigenvalue weighted by Crippen LogP contribution is -2.45. The van der Waals surface area contributed by atoms with Gasteiger partial charge in [-0.2, -0.15) is 0 Å². The van der Waals surface area contributed by atoms with E-state index in [1.165, 1.54) is 31.4 Å². The van der Waals surface area contributed by atoms with E-state index in [2.05, 4.69) is 22.3 Å². The summed E-state index contributed by atoms with van der Waals surface area (Å²) >= 11 is 0. The third kappa shape index (κ3) is 4.28. The molecular weight excluding hydrogens is 338 g/mol. The first-order valence-corrected chi connectivity index (χ1v) is 10.7. The number of carbonyl (C=O) groups is 2. The monoisotopic (exact) mass is 369 g/mol. The second-order valence-corrected chi connectivity index (χ2v) is 8.31. The van der Waals surface area contributed by atoms with Crippen LogP contribution in [0.25, 0.3) is 0 Å². The van der Waals surface area contributed by atoms with E-state index in [0.717, 1.165) is 57.5 Å². The van der Waals surface area contributed by atoms with Crippen LogP contribution in [-0.4, -0.2) is 42.9 Å². The Kier molecular flexibility index (Phi) is 5.65. The predicted molar refractivity (Wildman–Crippen MR) is 108 cm³/mol. The Morgan fingerprint density at radius 3 is 2.04 bits per heavy atom. The van der Waals surface area contributed by atoms with E-state index in [1.807, 2.05) is 17.0 Å². The van der Waals surface area contributed by atoms with Crippen LogP contribution in [0.15, 0.2) is 24.3 Å². The first kappa shape index (κ1) is 18.3. The number of nitrogens with zero attached hydrogens (tertiary/aromatic N) is 2. The van der Waals surface area contributed by atoms with Crippen LogP contribution in [0.3, 0.4) is 0 Å². The summed E-state index contributed by atoms with van der Waals surface area (Å²) in [5.74, 6) is 0.677.